The lowest BCUT2D eigenvalue weighted by Crippen LogP contribution is -2.19. The van der Waals surface area contributed by atoms with Crippen LogP contribution in [0.1, 0.15) is 28.4 Å². The molecule has 1 rings (SSSR count). The number of hydrogen-bond donors (Lipinski definition) is 2. The number of carbonyl (C=O) groups excluding carboxylic acids is 1. The van der Waals surface area contributed by atoms with E-state index in [1.54, 1.807) is 0 Å². The van der Waals surface area contributed by atoms with Gasteiger partial charge in [-0.25, -0.2) is 0 Å². The number of non-ortho nitro benzene ring substituents is 1. The van der Waals surface area contributed by atoms with Crippen LogP contribution in [0.25, 0.3) is 0 Å². The maximum Gasteiger partial charge on any atom is 0.270 e. The highest BCUT2D eigenvalue weighted by Crippen LogP contribution is 2.24. The van der Waals surface area contributed by atoms with Gasteiger partial charge in [-0.1, -0.05) is 0 Å². The third-order valence-corrected chi connectivity index (χ3v) is 2.64. The van der Waals surface area contributed by atoms with Crippen LogP contribution in [0.5, 0.6) is 0 Å². The van der Waals surface area contributed by atoms with E-state index in [9.17, 15) is 25.1 Å². The molecule has 2 atom stereocenters. The van der Waals surface area contributed by atoms with Crippen LogP contribution in [-0.4, -0.2) is 33.4 Å². The number of rotatable bonds is 6. The Morgan fingerprint density at radius 1 is 1.39 bits per heavy atom. The molecule has 2 N–H and O–H groups in total. The number of nitrogens with zero attached hydrogens (tertiary/aromatic N) is 1. The lowest BCUT2D eigenvalue weighted by molar-refractivity contribution is -0.385. The summed E-state index contributed by atoms with van der Waals surface area (Å²) >= 11 is 5.43. The number of alkyl halides is 1. The number of aliphatic hydroxyl groups is 2. The first-order valence-corrected chi connectivity index (χ1v) is 5.69. The number of carbonyl (C=O) groups is 1. The zero-order valence-electron chi connectivity index (χ0n) is 9.32. The fraction of sp³-hybridized carbons (Fsp3) is 0.364. The molecule has 6 nitrogen and oxygen atoms in total. The maximum absolute atomic E-state index is 10.7. The second-order valence-corrected chi connectivity index (χ2v) is 4.10. The van der Waals surface area contributed by atoms with E-state index >= 15 is 0 Å². The van der Waals surface area contributed by atoms with Gasteiger partial charge in [0.15, 0.2) is 0 Å². The standard InChI is InChI=1S/C11H12ClNO5/c12-2-1-10(15)11(16)8-3-7(6-14)4-9(5-8)13(17)18/h3-6,10-11,15-16H,1-2H2. The molecular weight excluding hydrogens is 262 g/mol. The first kappa shape index (κ1) is 14.6. The zero-order valence-corrected chi connectivity index (χ0v) is 10.1. The minimum Gasteiger partial charge on any atom is -0.390 e. The molecule has 98 valence electrons. The number of nitro groups is 1. The Bertz CT molecular complexity index is 451. The Balaban J connectivity index is 3.11. The quantitative estimate of drug-likeness (QED) is 0.353. The summed E-state index contributed by atoms with van der Waals surface area (Å²) in [6, 6.07) is 3.51. The Kier molecular flexibility index (Phi) is 5.21. The average molecular weight is 274 g/mol. The highest BCUT2D eigenvalue weighted by molar-refractivity contribution is 6.17. The van der Waals surface area contributed by atoms with Crippen LogP contribution in [-0.2, 0) is 0 Å². The number of aldehydes is 1. The molecule has 0 aromatic heterocycles. The maximum atomic E-state index is 10.7. The third-order valence-electron chi connectivity index (χ3n) is 2.42. The van der Waals surface area contributed by atoms with Crippen LogP contribution in [0, 0.1) is 10.1 Å². The van der Waals surface area contributed by atoms with Gasteiger partial charge in [-0.05, 0) is 18.1 Å². The lowest BCUT2D eigenvalue weighted by atomic mass is 10.00. The lowest BCUT2D eigenvalue weighted by Gasteiger charge is -2.17. The van der Waals surface area contributed by atoms with Gasteiger partial charge in [0.25, 0.3) is 5.69 Å². The first-order valence-electron chi connectivity index (χ1n) is 5.16. The molecule has 0 spiro atoms. The second-order valence-electron chi connectivity index (χ2n) is 3.72. The summed E-state index contributed by atoms with van der Waals surface area (Å²) in [6.07, 6.45) is -1.87. The van der Waals surface area contributed by atoms with Crippen LogP contribution >= 0.6 is 11.6 Å². The van der Waals surface area contributed by atoms with Gasteiger partial charge in [0.2, 0.25) is 0 Å². The van der Waals surface area contributed by atoms with Gasteiger partial charge in [0.1, 0.15) is 12.4 Å². The Labute approximate surface area is 108 Å². The molecule has 18 heavy (non-hydrogen) atoms. The predicted octanol–water partition coefficient (Wildman–Crippen LogP) is 1.43. The fourth-order valence-electron chi connectivity index (χ4n) is 1.49. The molecule has 2 unspecified atom stereocenters. The number of nitro benzene ring substituents is 1. The molecule has 0 bridgehead atoms. The summed E-state index contributed by atoms with van der Waals surface area (Å²) in [6.45, 7) is 0. The van der Waals surface area contributed by atoms with Gasteiger partial charge in [-0.2, -0.15) is 0 Å². The largest absolute Gasteiger partial charge is 0.390 e. The molecule has 0 saturated heterocycles. The molecule has 0 heterocycles. The van der Waals surface area contributed by atoms with Crippen molar-refractivity contribution in [1.82, 2.24) is 0 Å². The van der Waals surface area contributed by atoms with Crippen molar-refractivity contribution in [2.75, 3.05) is 5.88 Å². The van der Waals surface area contributed by atoms with Crippen LogP contribution in [0.15, 0.2) is 18.2 Å². The predicted molar refractivity (Wildman–Crippen MR) is 64.8 cm³/mol. The summed E-state index contributed by atoms with van der Waals surface area (Å²) in [5.74, 6) is 0.147. The van der Waals surface area contributed by atoms with Gasteiger partial charge in [-0.3, -0.25) is 14.9 Å². The van der Waals surface area contributed by atoms with Gasteiger partial charge in [-0.15, -0.1) is 11.6 Å². The van der Waals surface area contributed by atoms with E-state index in [0.29, 0.717) is 6.29 Å². The Morgan fingerprint density at radius 3 is 2.56 bits per heavy atom. The van der Waals surface area contributed by atoms with E-state index in [1.807, 2.05) is 0 Å². The molecular formula is C11H12ClNO5. The summed E-state index contributed by atoms with van der Waals surface area (Å²) in [5.41, 5.74) is -0.132. The van der Waals surface area contributed by atoms with Crippen LogP contribution in [0.2, 0.25) is 0 Å². The molecule has 1 aromatic carbocycles. The minimum atomic E-state index is -1.32. The van der Waals surface area contributed by atoms with Gasteiger partial charge in [0.05, 0.1) is 11.0 Å². The second kappa shape index (κ2) is 6.44. The van der Waals surface area contributed by atoms with E-state index in [0.717, 1.165) is 12.1 Å². The third kappa shape index (κ3) is 3.49. The van der Waals surface area contributed by atoms with Crippen molar-refractivity contribution >= 4 is 23.6 Å². The molecule has 0 amide bonds. The van der Waals surface area contributed by atoms with E-state index in [4.69, 9.17) is 11.6 Å². The fourth-order valence-corrected chi connectivity index (χ4v) is 1.72. The number of aliphatic hydroxyl groups excluding tert-OH is 2. The average Bonchev–Trinajstić information content (AvgIpc) is 2.37. The van der Waals surface area contributed by atoms with Gasteiger partial charge < -0.3 is 10.2 Å². The van der Waals surface area contributed by atoms with Crippen molar-refractivity contribution < 1.29 is 19.9 Å². The van der Waals surface area contributed by atoms with Crippen molar-refractivity contribution in [3.8, 4) is 0 Å². The molecule has 0 radical (unpaired) electrons. The molecule has 7 heteroatoms. The first-order chi connectivity index (χ1) is 8.49. The van der Waals surface area contributed by atoms with Crippen molar-refractivity contribution in [3.63, 3.8) is 0 Å². The minimum absolute atomic E-state index is 0.0660. The summed E-state index contributed by atoms with van der Waals surface area (Å²) in [4.78, 5) is 20.7. The monoisotopic (exact) mass is 273 g/mol. The highest BCUT2D eigenvalue weighted by atomic mass is 35.5. The van der Waals surface area contributed by atoms with Gasteiger partial charge >= 0.3 is 0 Å². The molecule has 0 aliphatic carbocycles. The van der Waals surface area contributed by atoms with Crippen LogP contribution < -0.4 is 0 Å². The normalized spacial score (nSPS) is 13.9. The number of halogens is 1. The molecule has 0 fully saturated rings. The van der Waals surface area contributed by atoms with Crippen molar-refractivity contribution in [3.05, 3.63) is 39.4 Å². The van der Waals surface area contributed by atoms with Crippen molar-refractivity contribution in [2.45, 2.75) is 18.6 Å². The molecule has 1 aromatic rings. The Hall–Kier alpha value is -1.50. The topological polar surface area (TPSA) is 101 Å². The summed E-state index contributed by atoms with van der Waals surface area (Å²) < 4.78 is 0. The van der Waals surface area contributed by atoms with E-state index in [1.165, 1.54) is 6.07 Å². The van der Waals surface area contributed by atoms with Crippen molar-refractivity contribution in [2.24, 2.45) is 0 Å². The summed E-state index contributed by atoms with van der Waals surface area (Å²) in [7, 11) is 0. The number of benzene rings is 1. The zero-order chi connectivity index (χ0) is 13.7. The Morgan fingerprint density at radius 2 is 2.06 bits per heavy atom. The van der Waals surface area contributed by atoms with E-state index < -0.39 is 17.1 Å². The number of hydrogen-bond acceptors (Lipinski definition) is 5. The van der Waals surface area contributed by atoms with Crippen molar-refractivity contribution in [1.29, 1.82) is 0 Å². The highest BCUT2D eigenvalue weighted by Gasteiger charge is 2.21. The van der Waals surface area contributed by atoms with Crippen LogP contribution in [0.3, 0.4) is 0 Å². The molecule has 0 aliphatic rings. The summed E-state index contributed by atoms with van der Waals surface area (Å²) in [5, 5.41) is 30.0. The van der Waals surface area contributed by atoms with Gasteiger partial charge in [0, 0.05) is 23.6 Å². The smallest absolute Gasteiger partial charge is 0.270 e. The molecule has 0 aliphatic heterocycles. The van der Waals surface area contributed by atoms with E-state index in [-0.39, 0.29) is 29.1 Å². The molecule has 0 saturated carbocycles. The van der Waals surface area contributed by atoms with Crippen LogP contribution in [0.4, 0.5) is 5.69 Å². The SMILES string of the molecule is O=Cc1cc(C(O)C(O)CCCl)cc([N+](=O)[O-])c1. The van der Waals surface area contributed by atoms with E-state index in [2.05, 4.69) is 0 Å².